The van der Waals surface area contributed by atoms with Gasteiger partial charge in [0.15, 0.2) is 6.61 Å². The Labute approximate surface area is 222 Å². The van der Waals surface area contributed by atoms with Crippen molar-refractivity contribution in [3.8, 4) is 0 Å². The molecule has 0 unspecified atom stereocenters. The largest absolute Gasteiger partial charge is 0.466 e. The number of nitrogens with zero attached hydrogens (tertiary/aromatic N) is 1. The summed E-state index contributed by atoms with van der Waals surface area (Å²) >= 11 is 8.20. The summed E-state index contributed by atoms with van der Waals surface area (Å²) in [5.41, 5.74) is 0.188. The summed E-state index contributed by atoms with van der Waals surface area (Å²) in [7, 11) is -4.00. The number of likely N-dealkylation sites (tertiary alicyclic amines) is 1. The highest BCUT2D eigenvalue weighted by atomic mass is 127. The second-order valence-electron chi connectivity index (χ2n) is 7.74. The number of halogens is 2. The van der Waals surface area contributed by atoms with Gasteiger partial charge in [-0.15, -0.1) is 0 Å². The van der Waals surface area contributed by atoms with Gasteiger partial charge in [0.1, 0.15) is 0 Å². The zero-order chi connectivity index (χ0) is 25.6. The molecule has 9 nitrogen and oxygen atoms in total. The first kappa shape index (κ1) is 27.2. The molecule has 0 spiro atoms. The fourth-order valence-corrected chi connectivity index (χ4v) is 5.12. The van der Waals surface area contributed by atoms with Gasteiger partial charge < -0.3 is 14.4 Å². The predicted octanol–water partition coefficient (Wildman–Crippen LogP) is 3.70. The molecular formula is C23H24ClIN2O7S. The van der Waals surface area contributed by atoms with Crippen LogP contribution in [0.4, 0.5) is 5.69 Å². The highest BCUT2D eigenvalue weighted by Gasteiger charge is 2.29. The first-order valence-electron chi connectivity index (χ1n) is 10.8. The van der Waals surface area contributed by atoms with Crippen LogP contribution in [0.5, 0.6) is 0 Å². The Morgan fingerprint density at radius 2 is 1.74 bits per heavy atom. The van der Waals surface area contributed by atoms with E-state index in [9.17, 15) is 22.8 Å². The van der Waals surface area contributed by atoms with E-state index < -0.39 is 28.5 Å². The Morgan fingerprint density at radius 3 is 2.37 bits per heavy atom. The van der Waals surface area contributed by atoms with Crippen molar-refractivity contribution in [3.05, 3.63) is 56.6 Å². The lowest BCUT2D eigenvalue weighted by Crippen LogP contribution is -2.42. The lowest BCUT2D eigenvalue weighted by atomic mass is 9.97. The smallest absolute Gasteiger partial charge is 0.340 e. The third-order valence-electron chi connectivity index (χ3n) is 5.36. The van der Waals surface area contributed by atoms with E-state index in [0.717, 1.165) is 9.64 Å². The third kappa shape index (κ3) is 7.31. The molecule has 0 bridgehead atoms. The molecule has 0 atom stereocenters. The van der Waals surface area contributed by atoms with Gasteiger partial charge in [0, 0.05) is 22.3 Å². The maximum atomic E-state index is 12.8. The fourth-order valence-electron chi connectivity index (χ4n) is 3.48. The van der Waals surface area contributed by atoms with Crippen molar-refractivity contribution in [3.63, 3.8) is 0 Å². The molecule has 1 aliphatic heterocycles. The molecule has 188 valence electrons. The molecule has 1 aliphatic rings. The minimum absolute atomic E-state index is 0.00841. The predicted molar refractivity (Wildman–Crippen MR) is 138 cm³/mol. The molecule has 2 aromatic carbocycles. The molecular weight excluding hydrogens is 611 g/mol. The van der Waals surface area contributed by atoms with Gasteiger partial charge in [-0.3, -0.25) is 14.3 Å². The van der Waals surface area contributed by atoms with Crippen LogP contribution in [0.3, 0.4) is 0 Å². The van der Waals surface area contributed by atoms with Crippen molar-refractivity contribution in [1.29, 1.82) is 0 Å². The standard InChI is InChI=1S/C23H24ClIN2O7S/c1-2-33-22(29)15-9-11-27(12-10-15)21(28)14-34-23(30)19-13-18(7-8-20(19)24)35(31,32)26-17-5-3-16(25)4-6-17/h3-8,13,15,26H,2,9-12,14H2,1H3. The highest BCUT2D eigenvalue weighted by molar-refractivity contribution is 14.1. The van der Waals surface area contributed by atoms with Crippen molar-refractivity contribution >= 4 is 67.7 Å². The first-order valence-corrected chi connectivity index (χ1v) is 13.7. The zero-order valence-corrected chi connectivity index (χ0v) is 22.6. The molecule has 2 aromatic rings. The van der Waals surface area contributed by atoms with E-state index >= 15 is 0 Å². The Morgan fingerprint density at radius 1 is 1.09 bits per heavy atom. The third-order valence-corrected chi connectivity index (χ3v) is 7.79. The minimum atomic E-state index is -4.00. The van der Waals surface area contributed by atoms with Crippen LogP contribution >= 0.6 is 34.2 Å². The number of carbonyl (C=O) groups is 3. The maximum Gasteiger partial charge on any atom is 0.340 e. The van der Waals surface area contributed by atoms with Gasteiger partial charge in [-0.1, -0.05) is 11.6 Å². The highest BCUT2D eigenvalue weighted by Crippen LogP contribution is 2.24. The molecule has 3 rings (SSSR count). The topological polar surface area (TPSA) is 119 Å². The molecule has 0 aliphatic carbocycles. The number of hydrogen-bond acceptors (Lipinski definition) is 7. The average Bonchev–Trinajstić information content (AvgIpc) is 2.84. The minimum Gasteiger partial charge on any atom is -0.466 e. The fraction of sp³-hybridized carbons (Fsp3) is 0.348. The Kier molecular flexibility index (Phi) is 9.36. The van der Waals surface area contributed by atoms with Crippen molar-refractivity contribution in [2.24, 2.45) is 5.92 Å². The Bertz CT molecular complexity index is 1200. The molecule has 1 amide bonds. The van der Waals surface area contributed by atoms with Crippen LogP contribution in [-0.2, 0) is 29.1 Å². The monoisotopic (exact) mass is 634 g/mol. The SMILES string of the molecule is CCOC(=O)C1CCN(C(=O)COC(=O)c2cc(S(=O)(=O)Nc3ccc(I)cc3)ccc2Cl)CC1. The van der Waals surface area contributed by atoms with E-state index in [1.807, 2.05) is 0 Å². The molecule has 0 radical (unpaired) electrons. The normalized spacial score (nSPS) is 14.3. The van der Waals surface area contributed by atoms with Crippen LogP contribution in [0.1, 0.15) is 30.1 Å². The van der Waals surface area contributed by atoms with Crippen molar-refractivity contribution < 1.29 is 32.3 Å². The van der Waals surface area contributed by atoms with Crippen LogP contribution in [0, 0.1) is 9.49 Å². The number of sulfonamides is 1. The summed E-state index contributed by atoms with van der Waals surface area (Å²) < 4.78 is 39.0. The quantitative estimate of drug-likeness (QED) is 0.348. The van der Waals surface area contributed by atoms with Gasteiger partial charge in [-0.05, 0) is 84.8 Å². The van der Waals surface area contributed by atoms with Crippen LogP contribution in [0.2, 0.25) is 5.02 Å². The molecule has 35 heavy (non-hydrogen) atoms. The second-order valence-corrected chi connectivity index (χ2v) is 11.1. The molecule has 0 saturated carbocycles. The van der Waals surface area contributed by atoms with E-state index in [4.69, 9.17) is 21.1 Å². The number of anilines is 1. The number of ether oxygens (including phenoxy) is 2. The molecule has 1 saturated heterocycles. The lowest BCUT2D eigenvalue weighted by molar-refractivity contribution is -0.151. The first-order chi connectivity index (χ1) is 16.6. The summed E-state index contributed by atoms with van der Waals surface area (Å²) in [6, 6.07) is 10.4. The number of hydrogen-bond donors (Lipinski definition) is 1. The average molecular weight is 635 g/mol. The Hall–Kier alpha value is -2.38. The Balaban J connectivity index is 1.60. The van der Waals surface area contributed by atoms with E-state index in [0.29, 0.717) is 38.2 Å². The van der Waals surface area contributed by atoms with Crippen LogP contribution < -0.4 is 4.72 Å². The number of carbonyl (C=O) groups excluding carboxylic acids is 3. The van der Waals surface area contributed by atoms with Gasteiger partial charge in [0.05, 0.1) is 28.0 Å². The number of nitrogens with one attached hydrogen (secondary N) is 1. The van der Waals surface area contributed by atoms with Crippen LogP contribution in [0.15, 0.2) is 47.4 Å². The zero-order valence-electron chi connectivity index (χ0n) is 18.8. The van der Waals surface area contributed by atoms with E-state index in [-0.39, 0.29) is 27.4 Å². The lowest BCUT2D eigenvalue weighted by Gasteiger charge is -2.30. The molecule has 12 heteroatoms. The van der Waals surface area contributed by atoms with Gasteiger partial charge in [-0.2, -0.15) is 0 Å². The number of amides is 1. The van der Waals surface area contributed by atoms with Crippen molar-refractivity contribution in [1.82, 2.24) is 4.90 Å². The number of benzene rings is 2. The van der Waals surface area contributed by atoms with Gasteiger partial charge in [0.25, 0.3) is 15.9 Å². The van der Waals surface area contributed by atoms with Crippen molar-refractivity contribution in [2.45, 2.75) is 24.7 Å². The van der Waals surface area contributed by atoms with Crippen LogP contribution in [0.25, 0.3) is 0 Å². The summed E-state index contributed by atoms with van der Waals surface area (Å²) in [6.45, 7) is 2.21. The number of rotatable bonds is 8. The summed E-state index contributed by atoms with van der Waals surface area (Å²) in [5.74, 6) is -1.86. The van der Waals surface area contributed by atoms with Gasteiger partial charge in [-0.25, -0.2) is 13.2 Å². The van der Waals surface area contributed by atoms with E-state index in [1.165, 1.54) is 17.0 Å². The molecule has 1 fully saturated rings. The molecule has 1 heterocycles. The van der Waals surface area contributed by atoms with Crippen LogP contribution in [-0.4, -0.2) is 57.5 Å². The summed E-state index contributed by atoms with van der Waals surface area (Å²) in [5, 5.41) is -0.00841. The maximum absolute atomic E-state index is 12.8. The van der Waals surface area contributed by atoms with Gasteiger partial charge >= 0.3 is 11.9 Å². The summed E-state index contributed by atoms with van der Waals surface area (Å²) in [6.07, 6.45) is 0.940. The number of esters is 2. The van der Waals surface area contributed by atoms with E-state index in [1.54, 1.807) is 31.2 Å². The molecule has 1 N–H and O–H groups in total. The molecule has 0 aromatic heterocycles. The van der Waals surface area contributed by atoms with E-state index in [2.05, 4.69) is 27.3 Å². The van der Waals surface area contributed by atoms with Gasteiger partial charge in [0.2, 0.25) is 0 Å². The summed E-state index contributed by atoms with van der Waals surface area (Å²) in [4.78, 5) is 38.2. The second kappa shape index (κ2) is 12.0. The number of piperidine rings is 1. The van der Waals surface area contributed by atoms with Crippen molar-refractivity contribution in [2.75, 3.05) is 31.0 Å².